The van der Waals surface area contributed by atoms with Crippen molar-refractivity contribution in [2.75, 3.05) is 0 Å². The molecular weight excluding hydrogens is 320 g/mol. The lowest BCUT2D eigenvalue weighted by molar-refractivity contribution is -0.131. The van der Waals surface area contributed by atoms with E-state index in [1.807, 2.05) is 61.5 Å². The van der Waals surface area contributed by atoms with Crippen LogP contribution in [0.2, 0.25) is 0 Å². The zero-order valence-corrected chi connectivity index (χ0v) is 14.7. The molecule has 1 amide bonds. The zero-order valence-electron chi connectivity index (χ0n) is 14.7. The van der Waals surface area contributed by atoms with Crippen LogP contribution in [-0.2, 0) is 10.3 Å². The van der Waals surface area contributed by atoms with Gasteiger partial charge >= 0.3 is 0 Å². The maximum atomic E-state index is 12.2. The summed E-state index contributed by atoms with van der Waals surface area (Å²) < 4.78 is 0. The summed E-state index contributed by atoms with van der Waals surface area (Å²) in [6.07, 6.45) is 0. The predicted octanol–water partition coefficient (Wildman–Crippen LogP) is 3.46. The van der Waals surface area contributed by atoms with Gasteiger partial charge in [0.25, 0.3) is 0 Å². The molecule has 3 heteroatoms. The summed E-state index contributed by atoms with van der Waals surface area (Å²) in [5.41, 5.74) is 2.75. The lowest BCUT2D eigenvalue weighted by Gasteiger charge is -2.45. The monoisotopic (exact) mass is 342 g/mol. The van der Waals surface area contributed by atoms with Crippen LogP contribution < -0.4 is 10.6 Å². The summed E-state index contributed by atoms with van der Waals surface area (Å²) in [5.74, 6) is 0.0460. The summed E-state index contributed by atoms with van der Waals surface area (Å²) in [6, 6.07) is 30.9. The van der Waals surface area contributed by atoms with E-state index >= 15 is 0 Å². The largest absolute Gasteiger partial charge is 0.350 e. The van der Waals surface area contributed by atoms with E-state index in [0.717, 1.165) is 16.7 Å². The molecule has 0 radical (unpaired) electrons. The minimum absolute atomic E-state index is 0.0460. The Balaban J connectivity index is 1.95. The number of amides is 1. The van der Waals surface area contributed by atoms with Gasteiger partial charge in [0, 0.05) is 0 Å². The van der Waals surface area contributed by atoms with Crippen molar-refractivity contribution in [3.63, 3.8) is 0 Å². The van der Waals surface area contributed by atoms with Gasteiger partial charge in [0.15, 0.2) is 0 Å². The van der Waals surface area contributed by atoms with E-state index in [0.29, 0.717) is 0 Å². The quantitative estimate of drug-likeness (QED) is 0.551. The molecule has 1 aliphatic rings. The molecule has 1 aliphatic heterocycles. The van der Waals surface area contributed by atoms with Crippen LogP contribution in [0.3, 0.4) is 0 Å². The molecule has 1 heterocycles. The molecular formula is C23H22N2O. The average molecular weight is 342 g/mol. The zero-order chi connectivity index (χ0) is 18.0. The van der Waals surface area contributed by atoms with Crippen molar-refractivity contribution in [2.45, 2.75) is 24.5 Å². The molecule has 1 fully saturated rings. The second-order valence-corrected chi connectivity index (χ2v) is 6.77. The van der Waals surface area contributed by atoms with Gasteiger partial charge in [-0.2, -0.15) is 0 Å². The number of nitrogens with one attached hydrogen (secondary N) is 2. The minimum Gasteiger partial charge on any atom is -0.350 e. The highest BCUT2D eigenvalue weighted by atomic mass is 16.2. The highest BCUT2D eigenvalue weighted by Gasteiger charge is 2.45. The number of hydrogen-bond donors (Lipinski definition) is 2. The maximum absolute atomic E-state index is 12.2. The molecule has 1 saturated heterocycles. The number of rotatable bonds is 5. The first kappa shape index (κ1) is 16.6. The second-order valence-electron chi connectivity index (χ2n) is 6.77. The molecule has 3 aromatic carbocycles. The molecule has 0 aliphatic carbocycles. The van der Waals surface area contributed by atoms with Gasteiger partial charge < -0.3 is 5.32 Å². The van der Waals surface area contributed by atoms with E-state index in [9.17, 15) is 4.79 Å². The van der Waals surface area contributed by atoms with E-state index in [2.05, 4.69) is 47.0 Å². The molecule has 2 N–H and O–H groups in total. The topological polar surface area (TPSA) is 41.1 Å². The van der Waals surface area contributed by atoms with Crippen molar-refractivity contribution in [3.8, 4) is 0 Å². The van der Waals surface area contributed by atoms with Gasteiger partial charge in [-0.05, 0) is 23.6 Å². The Kier molecular flexibility index (Phi) is 4.31. The first-order chi connectivity index (χ1) is 12.7. The summed E-state index contributed by atoms with van der Waals surface area (Å²) >= 11 is 0. The normalized spacial score (nSPS) is 19.5. The molecule has 0 unspecified atom stereocenters. The van der Waals surface area contributed by atoms with Gasteiger partial charge in [0.05, 0.1) is 11.6 Å². The molecule has 3 aromatic rings. The molecule has 0 saturated carbocycles. The fourth-order valence-corrected chi connectivity index (χ4v) is 3.77. The Labute approximate surface area is 154 Å². The third kappa shape index (κ3) is 2.71. The number of hydrogen-bond acceptors (Lipinski definition) is 2. The van der Waals surface area contributed by atoms with Crippen molar-refractivity contribution in [1.82, 2.24) is 10.6 Å². The Hall–Kier alpha value is -2.91. The summed E-state index contributed by atoms with van der Waals surface area (Å²) in [4.78, 5) is 12.2. The van der Waals surface area contributed by atoms with E-state index in [-0.39, 0.29) is 18.0 Å². The van der Waals surface area contributed by atoms with Crippen LogP contribution in [0, 0.1) is 0 Å². The Morgan fingerprint density at radius 2 is 1.12 bits per heavy atom. The van der Waals surface area contributed by atoms with E-state index in [1.165, 1.54) is 0 Å². The van der Waals surface area contributed by atoms with Crippen LogP contribution in [0.1, 0.15) is 23.6 Å². The highest BCUT2D eigenvalue weighted by molar-refractivity contribution is 5.89. The third-order valence-corrected chi connectivity index (χ3v) is 5.14. The smallest absolute Gasteiger partial charge is 0.239 e. The SMILES string of the molecule is C[C@H]1NC(=O)[C@H]1NC(c1ccccc1)(c1ccccc1)c1ccccc1. The van der Waals surface area contributed by atoms with Gasteiger partial charge in [-0.15, -0.1) is 0 Å². The summed E-state index contributed by atoms with van der Waals surface area (Å²) in [7, 11) is 0. The average Bonchev–Trinajstić information content (AvgIpc) is 2.71. The van der Waals surface area contributed by atoms with Gasteiger partial charge in [-0.3, -0.25) is 10.1 Å². The van der Waals surface area contributed by atoms with Crippen molar-refractivity contribution in [3.05, 3.63) is 108 Å². The fraction of sp³-hybridized carbons (Fsp3) is 0.174. The van der Waals surface area contributed by atoms with E-state index in [4.69, 9.17) is 0 Å². The lowest BCUT2D eigenvalue weighted by Crippen LogP contribution is -2.70. The lowest BCUT2D eigenvalue weighted by atomic mass is 9.75. The van der Waals surface area contributed by atoms with Crippen molar-refractivity contribution in [1.29, 1.82) is 0 Å². The fourth-order valence-electron chi connectivity index (χ4n) is 3.77. The molecule has 3 nitrogen and oxygen atoms in total. The van der Waals surface area contributed by atoms with Gasteiger partial charge in [-0.1, -0.05) is 91.0 Å². The van der Waals surface area contributed by atoms with Crippen LogP contribution in [0.15, 0.2) is 91.0 Å². The first-order valence-corrected chi connectivity index (χ1v) is 8.96. The summed E-state index contributed by atoms with van der Waals surface area (Å²) in [5, 5.41) is 6.63. The van der Waals surface area contributed by atoms with Crippen LogP contribution >= 0.6 is 0 Å². The number of benzene rings is 3. The number of β-lactam (4-membered cyclic amide) rings is 1. The predicted molar refractivity (Wildman–Crippen MR) is 104 cm³/mol. The Morgan fingerprint density at radius 3 is 1.42 bits per heavy atom. The Bertz CT molecular complexity index is 781. The maximum Gasteiger partial charge on any atom is 0.239 e. The van der Waals surface area contributed by atoms with Crippen molar-refractivity contribution < 1.29 is 4.79 Å². The molecule has 130 valence electrons. The van der Waals surface area contributed by atoms with Crippen LogP contribution in [0.5, 0.6) is 0 Å². The molecule has 26 heavy (non-hydrogen) atoms. The third-order valence-electron chi connectivity index (χ3n) is 5.14. The van der Waals surface area contributed by atoms with Crippen molar-refractivity contribution >= 4 is 5.91 Å². The van der Waals surface area contributed by atoms with Crippen LogP contribution in [0.4, 0.5) is 0 Å². The van der Waals surface area contributed by atoms with Crippen LogP contribution in [0.25, 0.3) is 0 Å². The molecule has 0 spiro atoms. The van der Waals surface area contributed by atoms with E-state index < -0.39 is 5.54 Å². The van der Waals surface area contributed by atoms with Gasteiger partial charge in [-0.25, -0.2) is 0 Å². The van der Waals surface area contributed by atoms with Crippen LogP contribution in [-0.4, -0.2) is 18.0 Å². The minimum atomic E-state index is -0.597. The number of carbonyl (C=O) groups excluding carboxylic acids is 1. The molecule has 4 rings (SSSR count). The Morgan fingerprint density at radius 1 is 0.731 bits per heavy atom. The number of carbonyl (C=O) groups is 1. The summed E-state index contributed by atoms with van der Waals surface area (Å²) in [6.45, 7) is 2.03. The first-order valence-electron chi connectivity index (χ1n) is 8.96. The van der Waals surface area contributed by atoms with Gasteiger partial charge in [0.2, 0.25) is 5.91 Å². The molecule has 2 atom stereocenters. The second kappa shape index (κ2) is 6.77. The standard InChI is InChI=1S/C23H22N2O/c1-17-21(22(26)24-17)25-23(18-11-5-2-6-12-18,19-13-7-3-8-14-19)20-15-9-4-10-16-20/h2-17,21,25H,1H3,(H,24,26)/t17-,21+/m1/s1. The van der Waals surface area contributed by atoms with Crippen molar-refractivity contribution in [2.24, 2.45) is 0 Å². The van der Waals surface area contributed by atoms with Gasteiger partial charge in [0.1, 0.15) is 6.04 Å². The van der Waals surface area contributed by atoms with E-state index in [1.54, 1.807) is 0 Å². The molecule has 0 bridgehead atoms. The molecule has 0 aromatic heterocycles. The highest BCUT2D eigenvalue weighted by Crippen LogP contribution is 2.37.